The summed E-state index contributed by atoms with van der Waals surface area (Å²) < 4.78 is 107. The molecule has 30 heteroatoms. The van der Waals surface area contributed by atoms with E-state index in [0.29, 0.717) is 207 Å². The van der Waals surface area contributed by atoms with Gasteiger partial charge in [-0.2, -0.15) is 11.8 Å². The molecule has 97 heavy (non-hydrogen) atoms. The van der Waals surface area contributed by atoms with E-state index in [0.717, 1.165) is 37.1 Å². The second-order valence-corrected chi connectivity index (χ2v) is 24.9. The van der Waals surface area contributed by atoms with Crippen LogP contribution in [0.5, 0.6) is 5.75 Å². The summed E-state index contributed by atoms with van der Waals surface area (Å²) in [6.45, 7) is 15.1. The number of fused-ring (bicyclic) bond motifs is 1. The molecule has 27 nitrogen and oxygen atoms in total. The second kappa shape index (κ2) is 50.5. The van der Waals surface area contributed by atoms with Crippen LogP contribution in [-0.2, 0) is 82.4 Å². The number of ketones is 3. The van der Waals surface area contributed by atoms with Gasteiger partial charge >= 0.3 is 12.1 Å². The molecule has 4 N–H and O–H groups in total. The van der Waals surface area contributed by atoms with E-state index in [1.165, 1.54) is 10.7 Å². The Bertz CT molecular complexity index is 2680. The molecule has 0 saturated carbocycles. The number of rotatable bonds is 60. The number of hydrogen-bond donors (Lipinski definition) is 4. The standard InChI is InChI=1S/C67H103F2N7O20S/c1-67(2,3)96-66(82)70-22-7-6-17-58(60(79)49-95-63-56(68)15-9-16-57(63)69)71-64(80)51-11-8-12-53(47-51)76-48-52(74-75-76)19-20-55(78)21-24-84-26-28-86-30-32-88-34-36-90-38-40-92-42-44-94-46-45-93-43-41-91-39-37-89-35-33-87-31-29-85-27-25-83-23-10-14-54(77)13-4-5-18-61-62-59(50-97-61)72-65(81)73-62/h8-9,11-12,15-16,47-48,58-59,61-62H,4-7,10,13-14,17-46,49-50H2,1-3H3,(H,70,82)(H,71,80)(H2,72,73,81)/t58-,59-,61-,62-/m0/s1. The van der Waals surface area contributed by atoms with Crippen LogP contribution in [0.2, 0.25) is 0 Å². The molecule has 0 spiro atoms. The maximum Gasteiger partial charge on any atom is 0.407 e. The number of nitrogens with zero attached hydrogens (tertiary/aromatic N) is 3. The Morgan fingerprint density at radius 2 is 1.11 bits per heavy atom. The highest BCUT2D eigenvalue weighted by Gasteiger charge is 2.42. The van der Waals surface area contributed by atoms with Crippen molar-refractivity contribution in [1.82, 2.24) is 36.3 Å². The molecule has 2 saturated heterocycles. The molecule has 1 aromatic heterocycles. The van der Waals surface area contributed by atoms with Crippen LogP contribution in [0.25, 0.3) is 5.69 Å². The largest absolute Gasteiger partial charge is 0.480 e. The average molecular weight is 1400 g/mol. The Morgan fingerprint density at radius 1 is 0.608 bits per heavy atom. The lowest BCUT2D eigenvalue weighted by Gasteiger charge is -2.20. The molecule has 5 rings (SSSR count). The van der Waals surface area contributed by atoms with Crippen molar-refractivity contribution in [3.63, 3.8) is 0 Å². The normalized spacial score (nSPS) is 15.4. The third kappa shape index (κ3) is 37.8. The third-order valence-electron chi connectivity index (χ3n) is 14.6. The van der Waals surface area contributed by atoms with Gasteiger partial charge in [-0.1, -0.05) is 23.8 Å². The van der Waals surface area contributed by atoms with Gasteiger partial charge in [0.1, 0.15) is 23.8 Å². The van der Waals surface area contributed by atoms with Gasteiger partial charge in [0.2, 0.25) is 0 Å². The van der Waals surface area contributed by atoms with Gasteiger partial charge < -0.3 is 87.6 Å². The minimum absolute atomic E-state index is 0.0111. The number of alkyl carbamates (subject to hydrolysis) is 1. The van der Waals surface area contributed by atoms with Gasteiger partial charge in [-0.15, -0.1) is 5.10 Å². The van der Waals surface area contributed by atoms with Crippen molar-refractivity contribution >= 4 is 47.1 Å². The van der Waals surface area contributed by atoms with Gasteiger partial charge in [0.05, 0.1) is 188 Å². The zero-order chi connectivity index (χ0) is 69.4. The van der Waals surface area contributed by atoms with Crippen LogP contribution < -0.4 is 26.0 Å². The summed E-state index contributed by atoms with van der Waals surface area (Å²) >= 11 is 1.91. The average Bonchev–Trinajstić information content (AvgIpc) is 1.70. The SMILES string of the molecule is CC(C)(C)OC(=O)NCCCC[C@H](NC(=O)c1cccc(-n2cc(CCC(=O)CCOCCOCCOCCOCCOCCOCCOCCOCCOCCOCCOCCOCCCC(=O)CCCC[C@@H]3SC[C@@H]4NC(=O)N[C@@H]43)nn2)c1)C(=O)COc1c(F)cccc1F. The maximum absolute atomic E-state index is 14.3. The molecule has 4 atom stereocenters. The minimum atomic E-state index is -1.10. The van der Waals surface area contributed by atoms with Gasteiger partial charge in [-0.05, 0) is 89.6 Å². The van der Waals surface area contributed by atoms with E-state index < -0.39 is 53.4 Å². The number of Topliss-reactive ketones (excluding diaryl/α,β-unsaturated/α-hetero) is 3. The zero-order valence-corrected chi connectivity index (χ0v) is 57.5. The number of halogens is 2. The number of carbonyl (C=O) groups excluding carboxylic acids is 6. The molecule has 2 aliphatic heterocycles. The molecule has 2 aliphatic rings. The Hall–Kier alpha value is -5.87. The summed E-state index contributed by atoms with van der Waals surface area (Å²) in [5, 5.41) is 20.1. The smallest absolute Gasteiger partial charge is 0.407 e. The number of ether oxygens (including phenoxy) is 14. The van der Waals surface area contributed by atoms with Crippen molar-refractivity contribution in [2.45, 2.75) is 127 Å². The van der Waals surface area contributed by atoms with E-state index in [2.05, 4.69) is 31.6 Å². The molecule has 4 amide bonds. The predicted molar refractivity (Wildman–Crippen MR) is 354 cm³/mol. The van der Waals surface area contributed by atoms with Gasteiger partial charge in [0, 0.05) is 61.8 Å². The molecule has 3 aromatic rings. The van der Waals surface area contributed by atoms with E-state index in [1.54, 1.807) is 51.2 Å². The van der Waals surface area contributed by atoms with Crippen LogP contribution in [0, 0.1) is 11.6 Å². The molecule has 0 bridgehead atoms. The van der Waals surface area contributed by atoms with Crippen LogP contribution in [0.15, 0.2) is 48.7 Å². The first-order valence-electron chi connectivity index (χ1n) is 33.7. The summed E-state index contributed by atoms with van der Waals surface area (Å²) in [5.74, 6) is -2.65. The molecule has 0 radical (unpaired) electrons. The van der Waals surface area contributed by atoms with Crippen LogP contribution in [-0.4, -0.2) is 257 Å². The molecule has 2 fully saturated rings. The lowest BCUT2D eigenvalue weighted by Crippen LogP contribution is -2.43. The number of nitrogens with one attached hydrogen (secondary N) is 4. The van der Waals surface area contributed by atoms with Gasteiger partial charge in [-0.25, -0.2) is 23.1 Å². The number of urea groups is 1. The van der Waals surface area contributed by atoms with Crippen molar-refractivity contribution in [1.29, 1.82) is 0 Å². The molecule has 3 heterocycles. The molecule has 546 valence electrons. The van der Waals surface area contributed by atoms with Crippen molar-refractivity contribution in [3.8, 4) is 11.4 Å². The van der Waals surface area contributed by atoms with Crippen LogP contribution in [0.3, 0.4) is 0 Å². The molecule has 0 aliphatic carbocycles. The van der Waals surface area contributed by atoms with E-state index in [1.807, 2.05) is 11.8 Å². The van der Waals surface area contributed by atoms with Gasteiger partial charge in [0.25, 0.3) is 5.91 Å². The van der Waals surface area contributed by atoms with Crippen molar-refractivity contribution in [2.75, 3.05) is 177 Å². The fraction of sp³-hybridized carbons (Fsp3) is 0.701. The highest BCUT2D eigenvalue weighted by molar-refractivity contribution is 8.00. The van der Waals surface area contributed by atoms with Crippen LogP contribution in [0.4, 0.5) is 18.4 Å². The van der Waals surface area contributed by atoms with E-state index in [-0.39, 0.29) is 67.7 Å². The Kier molecular flexibility index (Phi) is 42.5. The number of unbranched alkanes of at least 4 members (excludes halogenated alkanes) is 2. The number of para-hydroxylation sites is 1. The topological polar surface area (TPSA) is 310 Å². The molecular weight excluding hydrogens is 1290 g/mol. The number of hydrogen-bond acceptors (Lipinski definition) is 23. The number of amides is 4. The lowest BCUT2D eigenvalue weighted by atomic mass is 10.0. The number of aromatic nitrogens is 3. The monoisotopic (exact) mass is 1400 g/mol. The number of thioether (sulfide) groups is 1. The predicted octanol–water partition coefficient (Wildman–Crippen LogP) is 6.15. The fourth-order valence-electron chi connectivity index (χ4n) is 9.63. The third-order valence-corrected chi connectivity index (χ3v) is 16.1. The Morgan fingerprint density at radius 3 is 1.66 bits per heavy atom. The van der Waals surface area contributed by atoms with E-state index >= 15 is 0 Å². The number of benzene rings is 2. The second-order valence-electron chi connectivity index (χ2n) is 23.6. The maximum atomic E-state index is 14.3. The quantitative estimate of drug-likeness (QED) is 0.0363. The highest BCUT2D eigenvalue weighted by atomic mass is 32.2. The van der Waals surface area contributed by atoms with Gasteiger partial charge in [0.15, 0.2) is 23.2 Å². The zero-order valence-electron chi connectivity index (χ0n) is 56.7. The Labute approximate surface area is 572 Å². The first kappa shape index (κ1) is 81.8. The minimum Gasteiger partial charge on any atom is -0.480 e. The summed E-state index contributed by atoms with van der Waals surface area (Å²) in [6, 6.07) is 8.93. The van der Waals surface area contributed by atoms with Crippen molar-refractivity contribution in [3.05, 3.63) is 71.6 Å². The summed E-state index contributed by atoms with van der Waals surface area (Å²) in [5.41, 5.74) is 0.571. The molecular formula is C67H103F2N7O20S. The summed E-state index contributed by atoms with van der Waals surface area (Å²) in [6.07, 6.45) is 7.56. The first-order valence-corrected chi connectivity index (χ1v) is 34.7. The Balaban J connectivity index is 0.726. The molecule has 0 unspecified atom stereocenters. The fourth-order valence-corrected chi connectivity index (χ4v) is 11.2. The summed E-state index contributed by atoms with van der Waals surface area (Å²) in [7, 11) is 0. The van der Waals surface area contributed by atoms with Crippen molar-refractivity contribution in [2.24, 2.45) is 0 Å². The van der Waals surface area contributed by atoms with Gasteiger partial charge in [-0.3, -0.25) is 19.2 Å². The van der Waals surface area contributed by atoms with Crippen LogP contribution in [0.1, 0.15) is 107 Å². The van der Waals surface area contributed by atoms with Crippen LogP contribution >= 0.6 is 11.8 Å². The van der Waals surface area contributed by atoms with Crippen molar-refractivity contribution < 1.29 is 104 Å². The number of carbonyl (C=O) groups is 6. The molecule has 2 aromatic carbocycles. The number of aryl methyl sites for hydroxylation is 1. The first-order chi connectivity index (χ1) is 47.1. The highest BCUT2D eigenvalue weighted by Crippen LogP contribution is 2.33. The lowest BCUT2D eigenvalue weighted by molar-refractivity contribution is -0.123. The van der Waals surface area contributed by atoms with E-state index in [4.69, 9.17) is 66.3 Å². The summed E-state index contributed by atoms with van der Waals surface area (Å²) in [4.78, 5) is 75.3. The van der Waals surface area contributed by atoms with E-state index in [9.17, 15) is 37.5 Å².